The normalized spacial score (nSPS) is 38.6. The fourth-order valence-electron chi connectivity index (χ4n) is 6.33. The van der Waals surface area contributed by atoms with E-state index in [0.29, 0.717) is 0 Å². The highest BCUT2D eigenvalue weighted by Crippen LogP contribution is 2.60. The molecule has 1 atom stereocenters. The SMILES string of the molecule is CC(C)[C@H](NC(=O)C12CC3CC(CC(C3)C1)C2)C(=O)N1CCCC1. The van der Waals surface area contributed by atoms with Gasteiger partial charge in [-0.05, 0) is 75.0 Å². The van der Waals surface area contributed by atoms with Crippen molar-refractivity contribution < 1.29 is 9.59 Å². The lowest BCUT2D eigenvalue weighted by Crippen LogP contribution is -2.58. The molecule has 1 aliphatic heterocycles. The minimum absolute atomic E-state index is 0.139. The summed E-state index contributed by atoms with van der Waals surface area (Å²) in [5.41, 5.74) is -0.160. The lowest BCUT2D eigenvalue weighted by atomic mass is 9.49. The number of hydrogen-bond donors (Lipinski definition) is 1. The van der Waals surface area contributed by atoms with Crippen LogP contribution in [-0.2, 0) is 9.59 Å². The van der Waals surface area contributed by atoms with E-state index in [2.05, 4.69) is 19.2 Å². The van der Waals surface area contributed by atoms with Gasteiger partial charge in [-0.15, -0.1) is 0 Å². The van der Waals surface area contributed by atoms with Gasteiger partial charge in [-0.3, -0.25) is 9.59 Å². The van der Waals surface area contributed by atoms with Gasteiger partial charge in [0.15, 0.2) is 0 Å². The van der Waals surface area contributed by atoms with E-state index in [1.54, 1.807) is 0 Å². The van der Waals surface area contributed by atoms with Crippen LogP contribution < -0.4 is 5.32 Å². The Hall–Kier alpha value is -1.06. The Kier molecular flexibility index (Phi) is 4.12. The second-order valence-electron chi connectivity index (χ2n) is 9.43. The molecule has 1 N–H and O–H groups in total. The third kappa shape index (κ3) is 2.76. The molecule has 4 bridgehead atoms. The van der Waals surface area contributed by atoms with Crippen LogP contribution in [0.1, 0.15) is 65.2 Å². The van der Waals surface area contributed by atoms with Gasteiger partial charge in [0.25, 0.3) is 0 Å². The van der Waals surface area contributed by atoms with Crippen LogP contribution in [0.5, 0.6) is 0 Å². The first-order valence-corrected chi connectivity index (χ1v) is 10.1. The van der Waals surface area contributed by atoms with Crippen LogP contribution in [0.15, 0.2) is 0 Å². The van der Waals surface area contributed by atoms with Crippen molar-refractivity contribution in [3.8, 4) is 0 Å². The standard InChI is InChI=1S/C20H32N2O2/c1-13(2)17(18(23)22-5-3-4-6-22)21-19(24)20-10-14-7-15(11-20)9-16(8-14)12-20/h13-17H,3-12H2,1-2H3,(H,21,24)/t14?,15?,16?,17-,20?/m0/s1. The fraction of sp³-hybridized carbons (Fsp3) is 0.900. The Bertz CT molecular complexity index is 486. The van der Waals surface area contributed by atoms with Gasteiger partial charge in [0.05, 0.1) is 0 Å². The Balaban J connectivity index is 1.48. The van der Waals surface area contributed by atoms with Crippen LogP contribution in [0.2, 0.25) is 0 Å². The third-order valence-electron chi connectivity index (χ3n) is 7.16. The Morgan fingerprint density at radius 3 is 1.92 bits per heavy atom. The van der Waals surface area contributed by atoms with E-state index in [0.717, 1.165) is 62.9 Å². The summed E-state index contributed by atoms with van der Waals surface area (Å²) in [6, 6.07) is -0.344. The molecule has 1 heterocycles. The van der Waals surface area contributed by atoms with Gasteiger partial charge in [-0.1, -0.05) is 13.8 Å². The maximum atomic E-state index is 13.2. The van der Waals surface area contributed by atoms with Crippen molar-refractivity contribution in [1.82, 2.24) is 10.2 Å². The number of amides is 2. The molecule has 0 unspecified atom stereocenters. The molecule has 5 rings (SSSR count). The topological polar surface area (TPSA) is 49.4 Å². The molecular formula is C20H32N2O2. The monoisotopic (exact) mass is 332 g/mol. The summed E-state index contributed by atoms with van der Waals surface area (Å²) in [6.07, 6.45) is 9.40. The summed E-state index contributed by atoms with van der Waals surface area (Å²) >= 11 is 0. The van der Waals surface area contributed by atoms with Crippen LogP contribution in [0.25, 0.3) is 0 Å². The maximum absolute atomic E-state index is 13.2. The van der Waals surface area contributed by atoms with Gasteiger partial charge in [-0.2, -0.15) is 0 Å². The molecule has 0 aromatic heterocycles. The lowest BCUT2D eigenvalue weighted by molar-refractivity contribution is -0.150. The van der Waals surface area contributed by atoms with Gasteiger partial charge in [-0.25, -0.2) is 0 Å². The summed E-state index contributed by atoms with van der Waals surface area (Å²) in [7, 11) is 0. The molecule has 5 fully saturated rings. The Morgan fingerprint density at radius 1 is 0.958 bits per heavy atom. The molecule has 24 heavy (non-hydrogen) atoms. The molecule has 4 saturated carbocycles. The predicted octanol–water partition coefficient (Wildman–Crippen LogP) is 2.97. The van der Waals surface area contributed by atoms with E-state index >= 15 is 0 Å². The summed E-state index contributed by atoms with van der Waals surface area (Å²) in [6.45, 7) is 5.82. The number of carbonyl (C=O) groups excluding carboxylic acids is 2. The average molecular weight is 332 g/mol. The molecule has 0 radical (unpaired) electrons. The number of rotatable bonds is 4. The highest BCUT2D eigenvalue weighted by molar-refractivity contribution is 5.90. The van der Waals surface area contributed by atoms with Crippen molar-refractivity contribution in [1.29, 1.82) is 0 Å². The highest BCUT2D eigenvalue weighted by atomic mass is 16.2. The second-order valence-corrected chi connectivity index (χ2v) is 9.43. The molecule has 4 nitrogen and oxygen atoms in total. The van der Waals surface area contributed by atoms with Crippen molar-refractivity contribution in [2.24, 2.45) is 29.1 Å². The first-order valence-electron chi connectivity index (χ1n) is 10.1. The van der Waals surface area contributed by atoms with E-state index in [9.17, 15) is 9.59 Å². The summed E-state index contributed by atoms with van der Waals surface area (Å²) in [5, 5.41) is 3.22. The highest BCUT2D eigenvalue weighted by Gasteiger charge is 2.55. The number of hydrogen-bond acceptors (Lipinski definition) is 2. The quantitative estimate of drug-likeness (QED) is 0.860. The number of carbonyl (C=O) groups is 2. The number of likely N-dealkylation sites (tertiary alicyclic amines) is 1. The lowest BCUT2D eigenvalue weighted by Gasteiger charge is -2.56. The molecule has 5 aliphatic rings. The average Bonchev–Trinajstić information content (AvgIpc) is 3.04. The second kappa shape index (κ2) is 6.03. The molecule has 0 spiro atoms. The van der Waals surface area contributed by atoms with Crippen LogP contribution in [0.4, 0.5) is 0 Å². The molecule has 1 saturated heterocycles. The smallest absolute Gasteiger partial charge is 0.245 e. The van der Waals surface area contributed by atoms with Gasteiger partial charge in [0, 0.05) is 18.5 Å². The molecule has 0 aromatic carbocycles. The summed E-state index contributed by atoms with van der Waals surface area (Å²) in [4.78, 5) is 28.1. The van der Waals surface area contributed by atoms with Gasteiger partial charge in [0.1, 0.15) is 6.04 Å². The fourth-order valence-corrected chi connectivity index (χ4v) is 6.33. The number of nitrogens with one attached hydrogen (secondary N) is 1. The van der Waals surface area contributed by atoms with E-state index < -0.39 is 0 Å². The third-order valence-corrected chi connectivity index (χ3v) is 7.16. The van der Waals surface area contributed by atoms with Crippen molar-refractivity contribution >= 4 is 11.8 Å². The minimum atomic E-state index is -0.344. The zero-order valence-corrected chi connectivity index (χ0v) is 15.2. The Morgan fingerprint density at radius 2 is 1.46 bits per heavy atom. The van der Waals surface area contributed by atoms with Crippen LogP contribution >= 0.6 is 0 Å². The zero-order valence-electron chi connectivity index (χ0n) is 15.2. The number of nitrogens with zero attached hydrogens (tertiary/aromatic N) is 1. The molecule has 0 aromatic rings. The van der Waals surface area contributed by atoms with E-state index in [1.807, 2.05) is 4.90 Å². The minimum Gasteiger partial charge on any atom is -0.344 e. The van der Waals surface area contributed by atoms with Gasteiger partial charge >= 0.3 is 0 Å². The Labute approximate surface area is 145 Å². The first kappa shape index (κ1) is 16.4. The molecule has 4 heteroatoms. The predicted molar refractivity (Wildman–Crippen MR) is 93.2 cm³/mol. The van der Waals surface area contributed by atoms with Crippen molar-refractivity contribution in [3.05, 3.63) is 0 Å². The first-order chi connectivity index (χ1) is 11.5. The van der Waals surface area contributed by atoms with Gasteiger partial charge in [0.2, 0.25) is 11.8 Å². The maximum Gasteiger partial charge on any atom is 0.245 e. The van der Waals surface area contributed by atoms with Crippen molar-refractivity contribution in [2.75, 3.05) is 13.1 Å². The van der Waals surface area contributed by atoms with E-state index in [4.69, 9.17) is 0 Å². The summed E-state index contributed by atoms with van der Waals surface area (Å²) < 4.78 is 0. The van der Waals surface area contributed by atoms with Crippen LogP contribution in [-0.4, -0.2) is 35.8 Å². The summed E-state index contributed by atoms with van der Waals surface area (Å²) in [5.74, 6) is 2.75. The molecule has 4 aliphatic carbocycles. The van der Waals surface area contributed by atoms with Crippen LogP contribution in [0.3, 0.4) is 0 Å². The van der Waals surface area contributed by atoms with Gasteiger partial charge < -0.3 is 10.2 Å². The van der Waals surface area contributed by atoms with E-state index in [1.165, 1.54) is 19.3 Å². The molecule has 2 amide bonds. The molecule has 134 valence electrons. The van der Waals surface area contributed by atoms with E-state index in [-0.39, 0.29) is 29.2 Å². The van der Waals surface area contributed by atoms with Crippen molar-refractivity contribution in [3.63, 3.8) is 0 Å². The van der Waals surface area contributed by atoms with Crippen LogP contribution in [0, 0.1) is 29.1 Å². The largest absolute Gasteiger partial charge is 0.344 e. The van der Waals surface area contributed by atoms with Crippen molar-refractivity contribution in [2.45, 2.75) is 71.3 Å². The zero-order chi connectivity index (χ0) is 16.9. The molecular weight excluding hydrogens is 300 g/mol.